The number of benzene rings is 2. The lowest BCUT2D eigenvalue weighted by Crippen LogP contribution is -2.36. The molecule has 1 N–H and O–H groups in total. The Bertz CT molecular complexity index is 777. The number of hydrogen-bond acceptors (Lipinski definition) is 4. The minimum atomic E-state index is -0.614. The Morgan fingerprint density at radius 1 is 1.15 bits per heavy atom. The number of carbonyl (C=O) groups excluding carboxylic acids is 1. The van der Waals surface area contributed by atoms with Crippen LogP contribution in [0.5, 0.6) is 0 Å². The van der Waals surface area contributed by atoms with E-state index in [0.717, 1.165) is 38.1 Å². The molecule has 1 fully saturated rings. The van der Waals surface area contributed by atoms with Gasteiger partial charge in [0.25, 0.3) is 0 Å². The fourth-order valence-electron chi connectivity index (χ4n) is 3.02. The second-order valence-corrected chi connectivity index (χ2v) is 6.60. The van der Waals surface area contributed by atoms with Crippen molar-refractivity contribution in [3.05, 3.63) is 59.7 Å². The molecule has 1 heterocycles. The van der Waals surface area contributed by atoms with Crippen molar-refractivity contribution in [1.82, 2.24) is 4.90 Å². The van der Waals surface area contributed by atoms with Crippen molar-refractivity contribution < 1.29 is 18.3 Å². The standard InChI is InChI=1S/C20H23F2N3O2/c1-24(13-15-2-3-16(21)12-19(15)22)14-20(26)23-17-4-6-18(7-5-17)25-8-10-27-11-9-25/h2-7,12H,8-11,13-14H2,1H3,(H,23,26). The van der Waals surface area contributed by atoms with Crippen LogP contribution in [0.4, 0.5) is 20.2 Å². The first-order valence-electron chi connectivity index (χ1n) is 8.86. The Morgan fingerprint density at radius 3 is 2.52 bits per heavy atom. The minimum absolute atomic E-state index is 0.0992. The molecule has 27 heavy (non-hydrogen) atoms. The van der Waals surface area contributed by atoms with Crippen molar-refractivity contribution >= 4 is 17.3 Å². The summed E-state index contributed by atoms with van der Waals surface area (Å²) < 4.78 is 32.0. The van der Waals surface area contributed by atoms with Crippen molar-refractivity contribution in [2.45, 2.75) is 6.54 Å². The molecule has 1 saturated heterocycles. The highest BCUT2D eigenvalue weighted by Gasteiger charge is 2.13. The number of rotatable bonds is 6. The number of morpholine rings is 1. The Balaban J connectivity index is 1.50. The smallest absolute Gasteiger partial charge is 0.238 e. The highest BCUT2D eigenvalue weighted by atomic mass is 19.1. The largest absolute Gasteiger partial charge is 0.378 e. The molecule has 0 spiro atoms. The van der Waals surface area contributed by atoms with Gasteiger partial charge in [0.2, 0.25) is 5.91 Å². The topological polar surface area (TPSA) is 44.8 Å². The van der Waals surface area contributed by atoms with Gasteiger partial charge >= 0.3 is 0 Å². The van der Waals surface area contributed by atoms with Crippen LogP contribution in [0.3, 0.4) is 0 Å². The summed E-state index contributed by atoms with van der Waals surface area (Å²) in [6.07, 6.45) is 0. The van der Waals surface area contributed by atoms with Gasteiger partial charge in [-0.25, -0.2) is 8.78 Å². The maximum absolute atomic E-state index is 13.7. The fourth-order valence-corrected chi connectivity index (χ4v) is 3.02. The minimum Gasteiger partial charge on any atom is -0.378 e. The summed E-state index contributed by atoms with van der Waals surface area (Å²) in [7, 11) is 1.71. The lowest BCUT2D eigenvalue weighted by molar-refractivity contribution is -0.117. The van der Waals surface area contributed by atoms with Gasteiger partial charge in [0, 0.05) is 42.6 Å². The molecule has 0 saturated carbocycles. The van der Waals surface area contributed by atoms with Gasteiger partial charge < -0.3 is 15.0 Å². The van der Waals surface area contributed by atoms with Crippen LogP contribution in [0.25, 0.3) is 0 Å². The molecule has 0 bridgehead atoms. The molecule has 2 aromatic carbocycles. The van der Waals surface area contributed by atoms with Crippen LogP contribution in [0.2, 0.25) is 0 Å². The Morgan fingerprint density at radius 2 is 1.85 bits per heavy atom. The van der Waals surface area contributed by atoms with Crippen LogP contribution in [-0.2, 0) is 16.1 Å². The Kier molecular flexibility index (Phi) is 6.36. The summed E-state index contributed by atoms with van der Waals surface area (Å²) in [5.74, 6) is -1.42. The van der Waals surface area contributed by atoms with Crippen molar-refractivity contribution in [3.63, 3.8) is 0 Å². The zero-order valence-electron chi connectivity index (χ0n) is 15.3. The monoisotopic (exact) mass is 375 g/mol. The summed E-state index contributed by atoms with van der Waals surface area (Å²) in [4.78, 5) is 16.1. The van der Waals surface area contributed by atoms with Crippen LogP contribution in [0.1, 0.15) is 5.56 Å². The average Bonchev–Trinajstić information content (AvgIpc) is 2.65. The van der Waals surface area contributed by atoms with Gasteiger partial charge in [-0.05, 0) is 37.4 Å². The molecule has 7 heteroatoms. The van der Waals surface area contributed by atoms with E-state index in [1.54, 1.807) is 11.9 Å². The van der Waals surface area contributed by atoms with Crippen LogP contribution >= 0.6 is 0 Å². The first kappa shape index (κ1) is 19.3. The first-order chi connectivity index (χ1) is 13.0. The third-order valence-corrected chi connectivity index (χ3v) is 4.40. The number of amides is 1. The van der Waals surface area contributed by atoms with Crippen molar-refractivity contribution in [2.75, 3.05) is 50.1 Å². The molecule has 0 aliphatic carbocycles. The highest BCUT2D eigenvalue weighted by Crippen LogP contribution is 2.19. The SMILES string of the molecule is CN(CC(=O)Nc1ccc(N2CCOCC2)cc1)Cc1ccc(F)cc1F. The summed E-state index contributed by atoms with van der Waals surface area (Å²) in [5, 5.41) is 2.83. The molecular weight excluding hydrogens is 352 g/mol. The van der Waals surface area contributed by atoms with E-state index in [2.05, 4.69) is 10.2 Å². The lowest BCUT2D eigenvalue weighted by atomic mass is 10.2. The third-order valence-electron chi connectivity index (χ3n) is 4.40. The van der Waals surface area contributed by atoms with E-state index in [9.17, 15) is 13.6 Å². The molecule has 0 radical (unpaired) electrons. The molecule has 2 aromatic rings. The van der Waals surface area contributed by atoms with Crippen LogP contribution < -0.4 is 10.2 Å². The zero-order valence-corrected chi connectivity index (χ0v) is 15.3. The van der Waals surface area contributed by atoms with E-state index in [4.69, 9.17) is 4.74 Å². The van der Waals surface area contributed by atoms with Gasteiger partial charge in [-0.15, -0.1) is 0 Å². The number of nitrogens with zero attached hydrogens (tertiary/aromatic N) is 2. The highest BCUT2D eigenvalue weighted by molar-refractivity contribution is 5.92. The maximum atomic E-state index is 13.7. The number of hydrogen-bond donors (Lipinski definition) is 1. The van der Waals surface area contributed by atoms with Gasteiger partial charge in [0.05, 0.1) is 19.8 Å². The first-order valence-corrected chi connectivity index (χ1v) is 8.86. The van der Waals surface area contributed by atoms with Gasteiger partial charge in [-0.3, -0.25) is 9.69 Å². The van der Waals surface area contributed by atoms with E-state index < -0.39 is 11.6 Å². The molecule has 5 nitrogen and oxygen atoms in total. The molecule has 0 unspecified atom stereocenters. The van der Waals surface area contributed by atoms with Crippen molar-refractivity contribution in [2.24, 2.45) is 0 Å². The van der Waals surface area contributed by atoms with Gasteiger partial charge in [-0.2, -0.15) is 0 Å². The van der Waals surface area contributed by atoms with Gasteiger partial charge in [-0.1, -0.05) is 6.07 Å². The predicted octanol–water partition coefficient (Wildman–Crippen LogP) is 2.87. The van der Waals surface area contributed by atoms with Gasteiger partial charge in [0.1, 0.15) is 11.6 Å². The molecule has 1 amide bonds. The Labute approximate surface area is 157 Å². The summed E-state index contributed by atoms with van der Waals surface area (Å²) in [6.45, 7) is 3.48. The van der Waals surface area contributed by atoms with Crippen molar-refractivity contribution in [1.29, 1.82) is 0 Å². The fraction of sp³-hybridized carbons (Fsp3) is 0.350. The molecule has 3 rings (SSSR count). The lowest BCUT2D eigenvalue weighted by Gasteiger charge is -2.28. The van der Waals surface area contributed by atoms with E-state index in [1.165, 1.54) is 12.1 Å². The number of anilines is 2. The van der Waals surface area contributed by atoms with Crippen LogP contribution in [0.15, 0.2) is 42.5 Å². The Hall–Kier alpha value is -2.51. The molecule has 1 aliphatic heterocycles. The second-order valence-electron chi connectivity index (χ2n) is 6.60. The predicted molar refractivity (Wildman–Crippen MR) is 101 cm³/mol. The van der Waals surface area contributed by atoms with E-state index >= 15 is 0 Å². The van der Waals surface area contributed by atoms with E-state index in [0.29, 0.717) is 11.3 Å². The number of likely N-dealkylation sites (N-methyl/N-ethyl adjacent to an activating group) is 1. The number of carbonyl (C=O) groups is 1. The van der Waals surface area contributed by atoms with E-state index in [-0.39, 0.29) is 19.0 Å². The number of halogens is 2. The van der Waals surface area contributed by atoms with Crippen LogP contribution in [-0.4, -0.2) is 50.7 Å². The maximum Gasteiger partial charge on any atom is 0.238 e. The molecular formula is C20H23F2N3O2. The summed E-state index contributed by atoms with van der Waals surface area (Å²) in [6, 6.07) is 11.1. The average molecular weight is 375 g/mol. The van der Waals surface area contributed by atoms with Gasteiger partial charge in [0.15, 0.2) is 0 Å². The number of ether oxygens (including phenoxy) is 1. The van der Waals surface area contributed by atoms with E-state index in [1.807, 2.05) is 24.3 Å². The normalized spacial score (nSPS) is 14.4. The molecule has 1 aliphatic rings. The molecule has 0 atom stereocenters. The third kappa shape index (κ3) is 5.48. The number of nitrogens with one attached hydrogen (secondary N) is 1. The summed E-state index contributed by atoms with van der Waals surface area (Å²) in [5.41, 5.74) is 2.15. The molecule has 144 valence electrons. The van der Waals surface area contributed by atoms with Crippen molar-refractivity contribution in [3.8, 4) is 0 Å². The second kappa shape index (κ2) is 8.92. The molecule has 0 aromatic heterocycles. The summed E-state index contributed by atoms with van der Waals surface area (Å²) >= 11 is 0. The zero-order chi connectivity index (χ0) is 19.2. The quantitative estimate of drug-likeness (QED) is 0.843. The van der Waals surface area contributed by atoms with Crippen LogP contribution in [0, 0.1) is 11.6 Å².